The number of hydrogen-bond donors (Lipinski definition) is 3. The van der Waals surface area contributed by atoms with Crippen molar-refractivity contribution in [3.63, 3.8) is 0 Å². The molecule has 6 nitrogen and oxygen atoms in total. The number of rotatable bonds is 9. The van der Waals surface area contributed by atoms with Gasteiger partial charge in [0, 0.05) is 31.1 Å². The highest BCUT2D eigenvalue weighted by Gasteiger charge is 2.22. The lowest BCUT2D eigenvalue weighted by molar-refractivity contribution is -0.121. The van der Waals surface area contributed by atoms with Crippen molar-refractivity contribution in [2.24, 2.45) is 4.99 Å². The van der Waals surface area contributed by atoms with E-state index in [1.807, 2.05) is 0 Å². The molecule has 0 aliphatic heterocycles. The third kappa shape index (κ3) is 7.48. The molecule has 26 heavy (non-hydrogen) atoms. The maximum Gasteiger partial charge on any atom is 0.220 e. The molecule has 0 unspecified atom stereocenters. The summed E-state index contributed by atoms with van der Waals surface area (Å²) >= 11 is 18.0. The van der Waals surface area contributed by atoms with Crippen LogP contribution in [0.25, 0.3) is 0 Å². The van der Waals surface area contributed by atoms with Crippen molar-refractivity contribution in [1.82, 2.24) is 16.0 Å². The van der Waals surface area contributed by atoms with Gasteiger partial charge in [-0.25, -0.2) is 0 Å². The minimum atomic E-state index is 0.113. The summed E-state index contributed by atoms with van der Waals surface area (Å²) in [4.78, 5) is 15.7. The summed E-state index contributed by atoms with van der Waals surface area (Å²) in [5.74, 6) is 1.16. The van der Waals surface area contributed by atoms with Gasteiger partial charge in [-0.05, 0) is 31.4 Å². The fraction of sp³-hybridized carbons (Fsp3) is 0.529. The Morgan fingerprint density at radius 3 is 2.46 bits per heavy atom. The van der Waals surface area contributed by atoms with Crippen LogP contribution in [-0.4, -0.2) is 44.7 Å². The lowest BCUT2D eigenvalue weighted by atomic mass is 10.3. The summed E-state index contributed by atoms with van der Waals surface area (Å²) in [6, 6.07) is 3.57. The Hall–Kier alpha value is -1.37. The van der Waals surface area contributed by atoms with E-state index in [1.54, 1.807) is 19.2 Å². The molecule has 1 aromatic rings. The van der Waals surface area contributed by atoms with Crippen molar-refractivity contribution in [1.29, 1.82) is 0 Å². The Labute approximate surface area is 168 Å². The van der Waals surface area contributed by atoms with Crippen LogP contribution in [-0.2, 0) is 4.79 Å². The van der Waals surface area contributed by atoms with Gasteiger partial charge in [-0.2, -0.15) is 0 Å². The second-order valence-electron chi connectivity index (χ2n) is 5.92. The number of halogens is 3. The highest BCUT2D eigenvalue weighted by molar-refractivity contribution is 6.40. The van der Waals surface area contributed by atoms with Crippen LogP contribution in [0, 0.1) is 0 Å². The van der Waals surface area contributed by atoms with E-state index in [9.17, 15) is 4.79 Å². The fourth-order valence-electron chi connectivity index (χ4n) is 2.19. The van der Waals surface area contributed by atoms with Gasteiger partial charge in [0.15, 0.2) is 11.7 Å². The molecule has 1 amide bonds. The second kappa shape index (κ2) is 10.7. The SMILES string of the molecule is CN=C(NCCCC(=O)NC1CC1)NCCOc1c(Cl)cc(Cl)cc1Cl. The average Bonchev–Trinajstić information content (AvgIpc) is 3.39. The summed E-state index contributed by atoms with van der Waals surface area (Å²) in [5, 5.41) is 10.4. The number of nitrogens with zero attached hydrogens (tertiary/aromatic N) is 1. The Balaban J connectivity index is 1.60. The van der Waals surface area contributed by atoms with Gasteiger partial charge in [0.1, 0.15) is 6.61 Å². The molecule has 2 rings (SSSR count). The molecule has 1 aromatic carbocycles. The number of carbonyl (C=O) groups is 1. The van der Waals surface area contributed by atoms with Crippen molar-refractivity contribution in [2.45, 2.75) is 31.7 Å². The minimum Gasteiger partial charge on any atom is -0.489 e. The molecule has 0 saturated heterocycles. The number of amides is 1. The summed E-state index contributed by atoms with van der Waals surface area (Å²) in [7, 11) is 1.68. The zero-order valence-corrected chi connectivity index (χ0v) is 16.8. The van der Waals surface area contributed by atoms with Crippen LogP contribution < -0.4 is 20.7 Å². The van der Waals surface area contributed by atoms with Crippen LogP contribution >= 0.6 is 34.8 Å². The van der Waals surface area contributed by atoms with Gasteiger partial charge in [0.25, 0.3) is 0 Å². The lowest BCUT2D eigenvalue weighted by Gasteiger charge is -2.14. The lowest BCUT2D eigenvalue weighted by Crippen LogP contribution is -2.40. The molecule has 1 fully saturated rings. The largest absolute Gasteiger partial charge is 0.489 e. The number of aliphatic imine (C=N–C) groups is 1. The Morgan fingerprint density at radius 2 is 1.85 bits per heavy atom. The molecule has 0 bridgehead atoms. The molecule has 0 spiro atoms. The Morgan fingerprint density at radius 1 is 1.19 bits per heavy atom. The maximum atomic E-state index is 11.6. The molecule has 1 aliphatic rings. The molecule has 0 heterocycles. The van der Waals surface area contributed by atoms with Crippen LogP contribution in [0.4, 0.5) is 0 Å². The van der Waals surface area contributed by atoms with E-state index < -0.39 is 0 Å². The number of guanidine groups is 1. The van der Waals surface area contributed by atoms with Crippen LogP contribution in [0.5, 0.6) is 5.75 Å². The number of hydrogen-bond acceptors (Lipinski definition) is 3. The Bertz CT molecular complexity index is 628. The minimum absolute atomic E-state index is 0.113. The van der Waals surface area contributed by atoms with Crippen LogP contribution in [0.2, 0.25) is 15.1 Å². The van der Waals surface area contributed by atoms with E-state index in [0.29, 0.717) is 58.9 Å². The second-order valence-corrected chi connectivity index (χ2v) is 7.17. The number of ether oxygens (including phenoxy) is 1. The summed E-state index contributed by atoms with van der Waals surface area (Å²) in [6.07, 6.45) is 3.47. The standard InChI is InChI=1S/C17H23Cl3N4O2/c1-21-17(22-6-2-3-15(25)24-12-4-5-12)23-7-8-26-16-13(19)9-11(18)10-14(16)20/h9-10,12H,2-8H2,1H3,(H,24,25)(H2,21,22,23). The van der Waals surface area contributed by atoms with Gasteiger partial charge < -0.3 is 20.7 Å². The summed E-state index contributed by atoms with van der Waals surface area (Å²) in [5.41, 5.74) is 0. The third-order valence-corrected chi connectivity index (χ3v) is 4.42. The van der Waals surface area contributed by atoms with Crippen molar-refractivity contribution in [3.05, 3.63) is 27.2 Å². The molecule has 144 valence electrons. The maximum absolute atomic E-state index is 11.6. The van der Waals surface area contributed by atoms with Crippen molar-refractivity contribution < 1.29 is 9.53 Å². The summed E-state index contributed by atoms with van der Waals surface area (Å²) in [6.45, 7) is 1.52. The van der Waals surface area contributed by atoms with Crippen LogP contribution in [0.3, 0.4) is 0 Å². The monoisotopic (exact) mass is 420 g/mol. The Kier molecular flexibility index (Phi) is 8.62. The van der Waals surface area contributed by atoms with Crippen LogP contribution in [0.1, 0.15) is 25.7 Å². The van der Waals surface area contributed by atoms with E-state index >= 15 is 0 Å². The summed E-state index contributed by atoms with van der Waals surface area (Å²) < 4.78 is 5.60. The van der Waals surface area contributed by atoms with Gasteiger partial charge in [-0.3, -0.25) is 9.79 Å². The molecule has 0 atom stereocenters. The van der Waals surface area contributed by atoms with E-state index in [0.717, 1.165) is 19.3 Å². The molecule has 9 heteroatoms. The first-order valence-electron chi connectivity index (χ1n) is 8.51. The molecule has 0 aromatic heterocycles. The number of nitrogens with one attached hydrogen (secondary N) is 3. The molecule has 3 N–H and O–H groups in total. The third-order valence-electron chi connectivity index (χ3n) is 3.64. The van der Waals surface area contributed by atoms with E-state index in [4.69, 9.17) is 39.5 Å². The molecular weight excluding hydrogens is 399 g/mol. The van der Waals surface area contributed by atoms with Crippen molar-refractivity contribution >= 4 is 46.7 Å². The molecular formula is C17H23Cl3N4O2. The van der Waals surface area contributed by atoms with E-state index in [1.165, 1.54) is 0 Å². The number of benzene rings is 1. The van der Waals surface area contributed by atoms with E-state index in [2.05, 4.69) is 20.9 Å². The van der Waals surface area contributed by atoms with Crippen molar-refractivity contribution in [2.75, 3.05) is 26.7 Å². The van der Waals surface area contributed by atoms with Gasteiger partial charge in [0.05, 0.1) is 16.6 Å². The van der Waals surface area contributed by atoms with Gasteiger partial charge in [-0.1, -0.05) is 34.8 Å². The normalized spacial score (nSPS) is 14.1. The first kappa shape index (κ1) is 20.9. The molecule has 0 radical (unpaired) electrons. The van der Waals surface area contributed by atoms with Crippen molar-refractivity contribution in [3.8, 4) is 5.75 Å². The van der Waals surface area contributed by atoms with Crippen LogP contribution in [0.15, 0.2) is 17.1 Å². The fourth-order valence-corrected chi connectivity index (χ4v) is 3.12. The zero-order valence-electron chi connectivity index (χ0n) is 14.6. The number of carbonyl (C=O) groups excluding carboxylic acids is 1. The van der Waals surface area contributed by atoms with E-state index in [-0.39, 0.29) is 5.91 Å². The molecule has 1 saturated carbocycles. The highest BCUT2D eigenvalue weighted by Crippen LogP contribution is 2.35. The molecule has 1 aliphatic carbocycles. The topological polar surface area (TPSA) is 74.8 Å². The highest BCUT2D eigenvalue weighted by atomic mass is 35.5. The average molecular weight is 422 g/mol. The zero-order chi connectivity index (χ0) is 18.9. The predicted octanol–water partition coefficient (Wildman–Crippen LogP) is 3.25. The van der Waals surface area contributed by atoms with Gasteiger partial charge in [-0.15, -0.1) is 0 Å². The first-order valence-corrected chi connectivity index (χ1v) is 9.64. The smallest absolute Gasteiger partial charge is 0.220 e. The predicted molar refractivity (Wildman–Crippen MR) is 107 cm³/mol. The quantitative estimate of drug-likeness (QED) is 0.325. The van der Waals surface area contributed by atoms with Gasteiger partial charge >= 0.3 is 0 Å². The van der Waals surface area contributed by atoms with Gasteiger partial charge in [0.2, 0.25) is 5.91 Å². The first-order chi connectivity index (χ1) is 12.5.